The van der Waals surface area contributed by atoms with Crippen LogP contribution >= 0.6 is 0 Å². The molecule has 1 heterocycles. The fraction of sp³-hybridized carbons (Fsp3) is 0.281. The molecule has 0 saturated carbocycles. The number of carbonyl (C=O) groups is 1. The zero-order valence-corrected chi connectivity index (χ0v) is 22.4. The molecule has 5 rings (SSSR count). The van der Waals surface area contributed by atoms with Gasteiger partial charge in [-0.3, -0.25) is 13.9 Å². The second-order valence-electron chi connectivity index (χ2n) is 10.1. The second-order valence-corrected chi connectivity index (χ2v) is 11.6. The summed E-state index contributed by atoms with van der Waals surface area (Å²) in [5.74, 6) is 0.137. The minimum atomic E-state index is -4.04. The van der Waals surface area contributed by atoms with Crippen molar-refractivity contribution in [1.82, 2.24) is 4.90 Å². The molecule has 0 bridgehead atoms. The van der Waals surface area contributed by atoms with E-state index in [1.165, 1.54) is 0 Å². The summed E-state index contributed by atoms with van der Waals surface area (Å²) in [7, 11) is -1.99. The van der Waals surface area contributed by atoms with Crippen molar-refractivity contribution >= 4 is 26.7 Å². The topological polar surface area (TPSA) is 63.7 Å². The molecule has 1 aliphatic heterocycles. The third-order valence-corrected chi connectivity index (χ3v) is 9.04. The summed E-state index contributed by atoms with van der Waals surface area (Å²) in [5, 5.41) is 1.50. The van der Waals surface area contributed by atoms with E-state index in [1.807, 2.05) is 98.0 Å². The largest absolute Gasteiger partial charge is 0.300 e. The summed E-state index contributed by atoms with van der Waals surface area (Å²) in [6.07, 6.45) is 3.17. The Morgan fingerprint density at radius 2 is 1.47 bits per heavy atom. The third-order valence-electron chi connectivity index (χ3n) is 7.66. The fourth-order valence-electron chi connectivity index (χ4n) is 5.54. The molecule has 0 aliphatic carbocycles. The molecule has 1 saturated heterocycles. The van der Waals surface area contributed by atoms with Crippen LogP contribution in [0.15, 0.2) is 108 Å². The van der Waals surface area contributed by atoms with Gasteiger partial charge in [0.05, 0.1) is 0 Å². The summed E-state index contributed by atoms with van der Waals surface area (Å²) in [6, 6.07) is 31.9. The van der Waals surface area contributed by atoms with Crippen molar-refractivity contribution in [1.29, 1.82) is 0 Å². The summed E-state index contributed by atoms with van der Waals surface area (Å²) >= 11 is 0. The average molecular weight is 528 g/mol. The molecule has 0 unspecified atom stereocenters. The predicted molar refractivity (Wildman–Crippen MR) is 151 cm³/mol. The van der Waals surface area contributed by atoms with Crippen LogP contribution in [0.2, 0.25) is 0 Å². The smallest absolute Gasteiger partial charge is 0.298 e. The Bertz CT molecular complexity index is 1480. The molecule has 0 N–H and O–H groups in total. The lowest BCUT2D eigenvalue weighted by Crippen LogP contribution is -2.45. The first-order chi connectivity index (χ1) is 18.4. The Morgan fingerprint density at radius 3 is 2.24 bits per heavy atom. The Hall–Kier alpha value is -3.32. The lowest BCUT2D eigenvalue weighted by molar-refractivity contribution is 0.0626. The van der Waals surface area contributed by atoms with Gasteiger partial charge in [-0.1, -0.05) is 103 Å². The van der Waals surface area contributed by atoms with E-state index in [4.69, 9.17) is 4.18 Å². The molecule has 5 nitrogen and oxygen atoms in total. The Balaban J connectivity index is 1.38. The highest BCUT2D eigenvalue weighted by molar-refractivity contribution is 7.87. The maximum atomic E-state index is 13.6. The van der Waals surface area contributed by atoms with E-state index in [2.05, 4.69) is 4.90 Å². The van der Waals surface area contributed by atoms with Gasteiger partial charge in [0, 0.05) is 29.5 Å². The van der Waals surface area contributed by atoms with Gasteiger partial charge in [0.2, 0.25) is 0 Å². The highest BCUT2D eigenvalue weighted by Crippen LogP contribution is 2.35. The number of benzene rings is 4. The first-order valence-electron chi connectivity index (χ1n) is 13.2. The maximum absolute atomic E-state index is 13.6. The summed E-state index contributed by atoms with van der Waals surface area (Å²) in [6.45, 7) is 0. The average Bonchev–Trinajstić information content (AvgIpc) is 2.95. The van der Waals surface area contributed by atoms with E-state index in [1.54, 1.807) is 12.1 Å². The van der Waals surface area contributed by atoms with Gasteiger partial charge in [-0.2, -0.15) is 8.42 Å². The molecule has 1 aliphatic rings. The quantitative estimate of drug-likeness (QED) is 0.177. The van der Waals surface area contributed by atoms with Crippen molar-refractivity contribution in [3.05, 3.63) is 114 Å². The van der Waals surface area contributed by atoms with E-state index in [9.17, 15) is 13.2 Å². The molecule has 6 heteroatoms. The number of fused-ring (bicyclic) bond motifs is 1. The van der Waals surface area contributed by atoms with Crippen LogP contribution in [-0.4, -0.2) is 38.2 Å². The molecular weight excluding hydrogens is 494 g/mol. The third kappa shape index (κ3) is 5.88. The van der Waals surface area contributed by atoms with Crippen LogP contribution in [0, 0.1) is 0 Å². The van der Waals surface area contributed by atoms with E-state index in [-0.39, 0.29) is 22.8 Å². The molecule has 4 aromatic rings. The predicted octanol–water partition coefficient (Wildman–Crippen LogP) is 6.80. The number of rotatable bonds is 9. The Kier molecular flexibility index (Phi) is 8.03. The first kappa shape index (κ1) is 26.3. The first-order valence-corrected chi connectivity index (χ1v) is 14.6. The zero-order chi connectivity index (χ0) is 26.5. The Labute approximate surface area is 225 Å². The van der Waals surface area contributed by atoms with Gasteiger partial charge in [-0.05, 0) is 43.3 Å². The molecular formula is C32H33NO4S. The van der Waals surface area contributed by atoms with Gasteiger partial charge in [-0.15, -0.1) is 0 Å². The molecule has 0 radical (unpaired) electrons. The van der Waals surface area contributed by atoms with Gasteiger partial charge in [-0.25, -0.2) is 0 Å². The summed E-state index contributed by atoms with van der Waals surface area (Å²) in [4.78, 5) is 15.4. The minimum absolute atomic E-state index is 0.0882. The number of Topliss-reactive ketones (excluding diaryl/α,β-unsaturated/α-hetero) is 1. The molecule has 0 aromatic heterocycles. The number of nitrogens with zero attached hydrogens (tertiary/aromatic N) is 1. The number of hydrogen-bond acceptors (Lipinski definition) is 5. The van der Waals surface area contributed by atoms with Gasteiger partial charge in [0.15, 0.2) is 5.78 Å². The van der Waals surface area contributed by atoms with Gasteiger partial charge < -0.3 is 0 Å². The lowest BCUT2D eigenvalue weighted by Gasteiger charge is -2.40. The molecule has 38 heavy (non-hydrogen) atoms. The summed E-state index contributed by atoms with van der Waals surface area (Å²) in [5.41, 5.74) is 1.56. The van der Waals surface area contributed by atoms with Crippen LogP contribution in [0.4, 0.5) is 0 Å². The molecule has 3 atom stereocenters. The van der Waals surface area contributed by atoms with Crippen molar-refractivity contribution in [3.63, 3.8) is 0 Å². The van der Waals surface area contributed by atoms with E-state index >= 15 is 0 Å². The van der Waals surface area contributed by atoms with Gasteiger partial charge in [0.1, 0.15) is 11.0 Å². The number of piperidine rings is 1. The minimum Gasteiger partial charge on any atom is -0.300 e. The SMILES string of the molecule is CN1[C@@H](CC(=O)c2ccccc2)CCC[C@H]1C[C@H](OS(=O)(=O)c1cccc2ccccc12)c1ccccc1. The standard InChI is InChI=1S/C32H33NO4S/c1-33-27(22-30(34)25-13-4-2-5-14-25)18-11-19-28(33)23-31(26-15-6-3-7-16-26)37-38(35,36)32-21-10-17-24-12-8-9-20-29(24)32/h2-10,12-17,20-21,27-28,31H,11,18-19,22-23H2,1H3/t27-,28+,31+/m1/s1. The number of ketones is 1. The molecule has 196 valence electrons. The van der Waals surface area contributed by atoms with Crippen molar-refractivity contribution < 1.29 is 17.4 Å². The van der Waals surface area contributed by atoms with Crippen LogP contribution in [-0.2, 0) is 14.3 Å². The van der Waals surface area contributed by atoms with Crippen molar-refractivity contribution in [2.75, 3.05) is 7.05 Å². The van der Waals surface area contributed by atoms with Crippen LogP contribution in [0.5, 0.6) is 0 Å². The normalized spacial score (nSPS) is 19.3. The van der Waals surface area contributed by atoms with Crippen LogP contribution in [0.3, 0.4) is 0 Å². The van der Waals surface area contributed by atoms with Gasteiger partial charge >= 0.3 is 0 Å². The van der Waals surface area contributed by atoms with Crippen LogP contribution in [0.1, 0.15) is 54.1 Å². The van der Waals surface area contributed by atoms with Crippen LogP contribution in [0.25, 0.3) is 10.8 Å². The van der Waals surface area contributed by atoms with E-state index in [0.29, 0.717) is 18.2 Å². The number of carbonyl (C=O) groups excluding carboxylic acids is 1. The zero-order valence-electron chi connectivity index (χ0n) is 21.6. The number of likely N-dealkylation sites (tertiary alicyclic amines) is 1. The molecule has 0 amide bonds. The maximum Gasteiger partial charge on any atom is 0.298 e. The van der Waals surface area contributed by atoms with E-state index < -0.39 is 16.2 Å². The summed E-state index contributed by atoms with van der Waals surface area (Å²) < 4.78 is 33.3. The Morgan fingerprint density at radius 1 is 0.842 bits per heavy atom. The van der Waals surface area contributed by atoms with Crippen molar-refractivity contribution in [3.8, 4) is 0 Å². The fourth-order valence-corrected chi connectivity index (χ4v) is 6.84. The second kappa shape index (κ2) is 11.6. The van der Waals surface area contributed by atoms with E-state index in [0.717, 1.165) is 35.8 Å². The molecule has 4 aromatic carbocycles. The van der Waals surface area contributed by atoms with Crippen molar-refractivity contribution in [2.24, 2.45) is 0 Å². The van der Waals surface area contributed by atoms with Gasteiger partial charge in [0.25, 0.3) is 10.1 Å². The molecule has 1 fully saturated rings. The van der Waals surface area contributed by atoms with Crippen LogP contribution < -0.4 is 0 Å². The molecule has 0 spiro atoms. The number of hydrogen-bond donors (Lipinski definition) is 0. The highest BCUT2D eigenvalue weighted by Gasteiger charge is 2.33. The lowest BCUT2D eigenvalue weighted by atomic mass is 9.88. The highest BCUT2D eigenvalue weighted by atomic mass is 32.2. The monoisotopic (exact) mass is 527 g/mol. The van der Waals surface area contributed by atoms with Crippen molar-refractivity contribution in [2.45, 2.75) is 55.2 Å².